The van der Waals surface area contributed by atoms with Crippen LogP contribution in [-0.2, 0) is 22.7 Å². The molecule has 0 saturated carbocycles. The van der Waals surface area contributed by atoms with Gasteiger partial charge in [-0.3, -0.25) is 4.79 Å². The second-order valence-electron chi connectivity index (χ2n) is 8.88. The van der Waals surface area contributed by atoms with Crippen molar-refractivity contribution in [2.75, 3.05) is 6.67 Å². The van der Waals surface area contributed by atoms with E-state index in [1.165, 1.54) is 0 Å². The van der Waals surface area contributed by atoms with Crippen LogP contribution in [0.5, 0.6) is 0 Å². The minimum absolute atomic E-state index is 0. The Morgan fingerprint density at radius 2 is 1.49 bits per heavy atom. The van der Waals surface area contributed by atoms with E-state index >= 15 is 0 Å². The fourth-order valence-corrected chi connectivity index (χ4v) is 4.99. The highest BCUT2D eigenvalue weighted by Crippen LogP contribution is 2.33. The van der Waals surface area contributed by atoms with E-state index in [1.807, 2.05) is 59.5 Å². The zero-order chi connectivity index (χ0) is 27.2. The van der Waals surface area contributed by atoms with Gasteiger partial charge in [-0.05, 0) is 60.0 Å². The Bertz CT molecular complexity index is 1280. The topological polar surface area (TPSA) is 44.8 Å². The Balaban J connectivity index is 0.00000420. The van der Waals surface area contributed by atoms with Crippen molar-refractivity contribution >= 4 is 80.9 Å². The van der Waals surface area contributed by atoms with Gasteiger partial charge in [0.1, 0.15) is 17.6 Å². The average Bonchev–Trinajstić information content (AvgIpc) is 3.40. The summed E-state index contributed by atoms with van der Waals surface area (Å²) in [6.07, 6.45) is 3.21. The van der Waals surface area contributed by atoms with Crippen molar-refractivity contribution in [2.24, 2.45) is 0 Å². The zero-order valence-corrected chi connectivity index (χ0v) is 26.4. The fourth-order valence-electron chi connectivity index (χ4n) is 3.93. The van der Waals surface area contributed by atoms with Crippen LogP contribution in [0.3, 0.4) is 0 Å². The second-order valence-corrected chi connectivity index (χ2v) is 11.0. The molecule has 3 unspecified atom stereocenters. The normalized spacial score (nSPS) is 15.0. The molecule has 11 heteroatoms. The van der Waals surface area contributed by atoms with E-state index in [2.05, 4.69) is 5.32 Å². The summed E-state index contributed by atoms with van der Waals surface area (Å²) in [6, 6.07) is 19.6. The number of amides is 1. The van der Waals surface area contributed by atoms with Gasteiger partial charge < -0.3 is 19.9 Å². The number of nitrogens with one attached hydrogen (secondary N) is 1. The van der Waals surface area contributed by atoms with Crippen molar-refractivity contribution in [1.82, 2.24) is 15.1 Å². The van der Waals surface area contributed by atoms with E-state index in [9.17, 15) is 4.79 Å². The highest BCUT2D eigenvalue weighted by Gasteiger charge is 2.32. The molecule has 3 aromatic rings. The first-order valence-electron chi connectivity index (χ1n) is 11.9. The summed E-state index contributed by atoms with van der Waals surface area (Å²) in [7, 11) is 0. The average molecular weight is 695 g/mol. The first-order chi connectivity index (χ1) is 18.2. The van der Waals surface area contributed by atoms with Gasteiger partial charge >= 0.3 is 0 Å². The molecule has 3 aromatic carbocycles. The van der Waals surface area contributed by atoms with Crippen LogP contribution in [0.15, 0.2) is 79.1 Å². The van der Waals surface area contributed by atoms with Crippen molar-refractivity contribution in [3.05, 3.63) is 116 Å². The van der Waals surface area contributed by atoms with Gasteiger partial charge in [0.25, 0.3) is 0 Å². The number of hydrogen-bond acceptors (Lipinski definition) is 4. The number of ether oxygens (including phenoxy) is 1. The summed E-state index contributed by atoms with van der Waals surface area (Å²) in [5.41, 5.74) is 2.05. The molecule has 4 rings (SSSR count). The van der Waals surface area contributed by atoms with Crippen LogP contribution in [0, 0.1) is 0 Å². The molecule has 208 valence electrons. The number of halogens is 6. The number of carbonyl (C=O) groups excluding carboxylic acids is 1. The maximum absolute atomic E-state index is 12.8. The molecule has 1 aliphatic rings. The summed E-state index contributed by atoms with van der Waals surface area (Å²) in [6.45, 7) is 2.92. The Labute approximate surface area is 264 Å². The minimum atomic E-state index is -0.576. The first-order valence-corrected chi connectivity index (χ1v) is 13.8. The van der Waals surface area contributed by atoms with Crippen molar-refractivity contribution in [3.8, 4) is 0 Å². The molecular formula is C28H27BrCl5N3O2. The zero-order valence-electron chi connectivity index (χ0n) is 20.9. The van der Waals surface area contributed by atoms with Crippen LogP contribution in [0.1, 0.15) is 29.7 Å². The van der Waals surface area contributed by atoms with Gasteiger partial charge in [-0.15, -0.1) is 17.0 Å². The predicted octanol–water partition coefficient (Wildman–Crippen LogP) is 8.45. The molecule has 1 heterocycles. The third-order valence-electron chi connectivity index (χ3n) is 6.23. The SMILES string of the molecule is Br.CC(C(=O)NCc1ccc(Cl)cc1)N1C=CN(C(Cl)C(OCc2ccc(Cl)cc2Cl)c2ccc(Cl)cc2)C1. The molecule has 5 nitrogen and oxygen atoms in total. The number of nitrogens with zero attached hydrogens (tertiary/aromatic N) is 2. The van der Waals surface area contributed by atoms with Crippen molar-refractivity contribution < 1.29 is 9.53 Å². The third kappa shape index (κ3) is 8.67. The van der Waals surface area contributed by atoms with Gasteiger partial charge in [0.05, 0.1) is 13.3 Å². The van der Waals surface area contributed by atoms with Gasteiger partial charge in [0.15, 0.2) is 0 Å². The lowest BCUT2D eigenvalue weighted by atomic mass is 10.1. The van der Waals surface area contributed by atoms with Crippen LogP contribution in [-0.4, -0.2) is 33.9 Å². The van der Waals surface area contributed by atoms with E-state index in [0.29, 0.717) is 33.3 Å². The van der Waals surface area contributed by atoms with Crippen LogP contribution < -0.4 is 5.32 Å². The molecule has 0 spiro atoms. The first kappa shape index (κ1) is 31.9. The Hall–Kier alpha value is -1.64. The van der Waals surface area contributed by atoms with Crippen molar-refractivity contribution in [1.29, 1.82) is 0 Å². The summed E-state index contributed by atoms with van der Waals surface area (Å²) >= 11 is 31.4. The third-order valence-corrected chi connectivity index (χ3v) is 7.80. The molecule has 0 aromatic heterocycles. The van der Waals surface area contributed by atoms with Gasteiger partial charge in [-0.1, -0.05) is 88.3 Å². The van der Waals surface area contributed by atoms with E-state index < -0.39 is 17.6 Å². The minimum Gasteiger partial charge on any atom is -0.365 e. The van der Waals surface area contributed by atoms with E-state index in [0.717, 1.165) is 16.7 Å². The number of alkyl halides is 1. The highest BCUT2D eigenvalue weighted by atomic mass is 79.9. The van der Waals surface area contributed by atoms with Gasteiger partial charge in [0, 0.05) is 39.0 Å². The molecule has 1 N–H and O–H groups in total. The lowest BCUT2D eigenvalue weighted by Gasteiger charge is -2.33. The van der Waals surface area contributed by atoms with Crippen LogP contribution in [0.25, 0.3) is 0 Å². The number of hydrogen-bond donors (Lipinski definition) is 1. The van der Waals surface area contributed by atoms with E-state index in [1.54, 1.807) is 36.4 Å². The highest BCUT2D eigenvalue weighted by molar-refractivity contribution is 8.93. The van der Waals surface area contributed by atoms with Crippen molar-refractivity contribution in [3.63, 3.8) is 0 Å². The molecular weight excluding hydrogens is 667 g/mol. The molecule has 0 saturated heterocycles. The summed E-state index contributed by atoms with van der Waals surface area (Å²) < 4.78 is 6.30. The molecule has 0 radical (unpaired) electrons. The van der Waals surface area contributed by atoms with Crippen molar-refractivity contribution in [2.45, 2.75) is 37.7 Å². The monoisotopic (exact) mass is 691 g/mol. The molecule has 0 aliphatic carbocycles. The molecule has 0 bridgehead atoms. The van der Waals surface area contributed by atoms with Gasteiger partial charge in [-0.2, -0.15) is 0 Å². The number of carbonyl (C=O) groups is 1. The Morgan fingerprint density at radius 3 is 2.13 bits per heavy atom. The maximum atomic E-state index is 12.8. The summed E-state index contributed by atoms with van der Waals surface area (Å²) in [5.74, 6) is -0.0968. The van der Waals surface area contributed by atoms with Crippen LogP contribution in [0.2, 0.25) is 20.1 Å². The molecule has 39 heavy (non-hydrogen) atoms. The molecule has 0 fully saturated rings. The Kier molecular flexibility index (Phi) is 12.1. The van der Waals surface area contributed by atoms with Gasteiger partial charge in [0.2, 0.25) is 5.91 Å². The van der Waals surface area contributed by atoms with Gasteiger partial charge in [-0.25, -0.2) is 0 Å². The standard InChI is InChI=1S/C28H26Cl5N3O2.BrH/c1-18(28(37)34-15-19-2-7-22(29)8-3-19)35-12-13-36(17-35)27(33)26(20-4-9-23(30)10-5-20)38-16-21-6-11-24(31)14-25(21)32;/h2-14,18,26-27H,15-17H2,1H3,(H,34,37);1H. The smallest absolute Gasteiger partial charge is 0.242 e. The molecule has 1 aliphatic heterocycles. The number of rotatable bonds is 10. The number of benzene rings is 3. The second kappa shape index (κ2) is 14.8. The summed E-state index contributed by atoms with van der Waals surface area (Å²) in [4.78, 5) is 16.7. The molecule has 1 amide bonds. The van der Waals surface area contributed by atoms with E-state index in [-0.39, 0.29) is 29.5 Å². The Morgan fingerprint density at radius 1 is 0.897 bits per heavy atom. The summed E-state index contributed by atoms with van der Waals surface area (Å²) in [5, 5.41) is 5.31. The van der Waals surface area contributed by atoms with Crippen LogP contribution >= 0.6 is 75.0 Å². The lowest BCUT2D eigenvalue weighted by Crippen LogP contribution is -2.45. The van der Waals surface area contributed by atoms with E-state index in [4.69, 9.17) is 62.7 Å². The predicted molar refractivity (Wildman–Crippen MR) is 166 cm³/mol. The largest absolute Gasteiger partial charge is 0.365 e. The molecule has 3 atom stereocenters. The lowest BCUT2D eigenvalue weighted by molar-refractivity contribution is -0.125. The van der Waals surface area contributed by atoms with Crippen LogP contribution in [0.4, 0.5) is 0 Å². The maximum Gasteiger partial charge on any atom is 0.242 e. The fraction of sp³-hybridized carbons (Fsp3) is 0.250. The quantitative estimate of drug-likeness (QED) is 0.171.